The number of nitrogens with zero attached hydrogens (tertiary/aromatic N) is 2. The molecule has 2 amide bonds. The number of nitrogens with one attached hydrogen (secondary N) is 3. The first-order chi connectivity index (χ1) is 21.9. The average Bonchev–Trinajstić information content (AvgIpc) is 3.42. The molecule has 4 N–H and O–H groups in total. The van der Waals surface area contributed by atoms with Crippen LogP contribution in [0.4, 0.5) is 5.69 Å². The van der Waals surface area contributed by atoms with Gasteiger partial charge in [0.05, 0.1) is 18.5 Å². The Bertz CT molecular complexity index is 1750. The van der Waals surface area contributed by atoms with Gasteiger partial charge in [0.2, 0.25) is 5.91 Å². The van der Waals surface area contributed by atoms with Crippen molar-refractivity contribution in [3.63, 3.8) is 0 Å². The molecule has 0 spiro atoms. The molecule has 0 radical (unpaired) electrons. The Morgan fingerprint density at radius 2 is 1.89 bits per heavy atom. The molecule has 0 atom stereocenters. The molecule has 0 bridgehead atoms. The number of benzene rings is 2. The lowest BCUT2D eigenvalue weighted by molar-refractivity contribution is -0.131. The Hall–Kier alpha value is -4.99. The summed E-state index contributed by atoms with van der Waals surface area (Å²) >= 11 is 0. The van der Waals surface area contributed by atoms with Gasteiger partial charge < -0.3 is 25.5 Å². The van der Waals surface area contributed by atoms with Crippen LogP contribution in [0.25, 0.3) is 28.4 Å². The topological polar surface area (TPSA) is 146 Å². The van der Waals surface area contributed by atoms with Crippen LogP contribution >= 0.6 is 0 Å². The third-order valence-corrected chi connectivity index (χ3v) is 8.90. The van der Waals surface area contributed by atoms with E-state index in [0.29, 0.717) is 47.9 Å². The number of aromatic amines is 1. The van der Waals surface area contributed by atoms with Crippen molar-refractivity contribution < 1.29 is 24.2 Å². The van der Waals surface area contributed by atoms with Gasteiger partial charge in [-0.05, 0) is 80.9 Å². The van der Waals surface area contributed by atoms with E-state index in [0.717, 1.165) is 47.6 Å². The zero-order valence-corrected chi connectivity index (χ0v) is 25.3. The number of aromatic nitrogens is 3. The summed E-state index contributed by atoms with van der Waals surface area (Å²) in [7, 11) is 0. The zero-order chi connectivity index (χ0) is 31.4. The van der Waals surface area contributed by atoms with Gasteiger partial charge in [0, 0.05) is 52.3 Å². The molecular weight excluding hydrogens is 570 g/mol. The van der Waals surface area contributed by atoms with Crippen LogP contribution in [0.3, 0.4) is 0 Å². The number of amides is 2. The van der Waals surface area contributed by atoms with Crippen molar-refractivity contribution in [2.45, 2.75) is 69.7 Å². The summed E-state index contributed by atoms with van der Waals surface area (Å²) in [6.45, 7) is 2.20. The number of rotatable bonds is 10. The second-order valence-corrected chi connectivity index (χ2v) is 11.8. The van der Waals surface area contributed by atoms with E-state index >= 15 is 0 Å². The fourth-order valence-electron chi connectivity index (χ4n) is 6.48. The highest BCUT2D eigenvalue weighted by molar-refractivity contribution is 6.06. The quantitative estimate of drug-likeness (QED) is 0.151. The van der Waals surface area contributed by atoms with Crippen molar-refractivity contribution in [2.75, 3.05) is 11.9 Å². The van der Waals surface area contributed by atoms with Crippen LogP contribution in [0, 0.1) is 0 Å². The summed E-state index contributed by atoms with van der Waals surface area (Å²) in [5.41, 5.74) is 4.34. The van der Waals surface area contributed by atoms with E-state index < -0.39 is 11.5 Å². The van der Waals surface area contributed by atoms with Crippen molar-refractivity contribution in [2.24, 2.45) is 0 Å². The maximum absolute atomic E-state index is 13.6. The Morgan fingerprint density at radius 3 is 2.58 bits per heavy atom. The number of ether oxygens (including phenoxy) is 1. The highest BCUT2D eigenvalue weighted by atomic mass is 16.5. The predicted molar refractivity (Wildman–Crippen MR) is 172 cm³/mol. The summed E-state index contributed by atoms with van der Waals surface area (Å²) in [5, 5.41) is 16.0. The molecule has 2 aliphatic rings. The number of hydrogen-bond donors (Lipinski definition) is 4. The number of carbonyl (C=O) groups is 3. The smallest absolute Gasteiger partial charge is 0.328 e. The van der Waals surface area contributed by atoms with Gasteiger partial charge in [0.25, 0.3) is 5.91 Å². The van der Waals surface area contributed by atoms with Crippen molar-refractivity contribution in [1.29, 1.82) is 0 Å². The van der Waals surface area contributed by atoms with E-state index in [1.807, 2.05) is 25.1 Å². The van der Waals surface area contributed by atoms with E-state index in [1.165, 1.54) is 30.9 Å². The Kier molecular flexibility index (Phi) is 8.64. The van der Waals surface area contributed by atoms with Crippen molar-refractivity contribution in [3.8, 4) is 17.1 Å². The molecule has 232 valence electrons. The summed E-state index contributed by atoms with van der Waals surface area (Å²) in [4.78, 5) is 50.6. The Labute approximate surface area is 261 Å². The maximum Gasteiger partial charge on any atom is 0.328 e. The number of carboxylic acid groups (broad SMARTS) is 1. The lowest BCUT2D eigenvalue weighted by Crippen LogP contribution is -2.61. The normalized spacial score (nSPS) is 16.3. The number of H-pyrrole nitrogens is 1. The number of fused-ring (bicyclic) bond motifs is 1. The first-order valence-corrected chi connectivity index (χ1v) is 15.6. The van der Waals surface area contributed by atoms with E-state index in [1.54, 1.807) is 36.8 Å². The molecule has 6 rings (SSSR count). The van der Waals surface area contributed by atoms with Gasteiger partial charge in [-0.1, -0.05) is 25.3 Å². The third-order valence-electron chi connectivity index (χ3n) is 8.90. The predicted octanol–water partition coefficient (Wildman–Crippen LogP) is 6.46. The van der Waals surface area contributed by atoms with E-state index in [9.17, 15) is 14.4 Å². The first-order valence-electron chi connectivity index (χ1n) is 15.6. The van der Waals surface area contributed by atoms with E-state index in [-0.39, 0.29) is 11.8 Å². The second-order valence-electron chi connectivity index (χ2n) is 11.8. The molecule has 0 unspecified atom stereocenters. The van der Waals surface area contributed by atoms with Gasteiger partial charge in [-0.2, -0.15) is 0 Å². The minimum Gasteiger partial charge on any atom is -0.493 e. The fraction of sp³-hybridized carbons (Fsp3) is 0.343. The molecule has 2 heterocycles. The average molecular weight is 608 g/mol. The molecule has 2 aromatic carbocycles. The molecule has 0 aliphatic heterocycles. The largest absolute Gasteiger partial charge is 0.493 e. The lowest BCUT2D eigenvalue weighted by atomic mass is 9.75. The Morgan fingerprint density at radius 1 is 1.07 bits per heavy atom. The molecule has 2 aliphatic carbocycles. The van der Waals surface area contributed by atoms with Crippen molar-refractivity contribution >= 4 is 40.4 Å². The monoisotopic (exact) mass is 607 g/mol. The van der Waals surface area contributed by atoms with Gasteiger partial charge in [-0.15, -0.1) is 0 Å². The SMILES string of the molecule is CCOc1cc(NC(=O)C2(NC(=O)c3ccc4c(C5CCCCC5)c(-c5cnccn5)[nH]c4c3)CCC2)ccc1/C=C/C(=O)O. The summed E-state index contributed by atoms with van der Waals surface area (Å²) in [5.74, 6) is -0.818. The molecule has 10 nitrogen and oxygen atoms in total. The maximum atomic E-state index is 13.6. The van der Waals surface area contributed by atoms with Crippen molar-refractivity contribution in [1.82, 2.24) is 20.3 Å². The Balaban J connectivity index is 1.24. The van der Waals surface area contributed by atoms with Crippen LogP contribution in [0.15, 0.2) is 61.1 Å². The molecule has 2 saturated carbocycles. The van der Waals surface area contributed by atoms with Crippen LogP contribution in [-0.4, -0.2) is 50.0 Å². The van der Waals surface area contributed by atoms with Gasteiger partial charge in [-0.25, -0.2) is 4.79 Å². The zero-order valence-electron chi connectivity index (χ0n) is 25.3. The van der Waals surface area contributed by atoms with Gasteiger partial charge in [-0.3, -0.25) is 19.6 Å². The number of hydrogen-bond acceptors (Lipinski definition) is 6. The summed E-state index contributed by atoms with van der Waals surface area (Å²) in [6, 6.07) is 10.7. The molecule has 10 heteroatoms. The van der Waals surface area contributed by atoms with Crippen LogP contribution in [0.5, 0.6) is 5.75 Å². The molecule has 4 aromatic rings. The third kappa shape index (κ3) is 6.31. The number of carbonyl (C=O) groups excluding carboxylic acids is 2. The molecular formula is C35H37N5O5. The van der Waals surface area contributed by atoms with Gasteiger partial charge >= 0.3 is 5.97 Å². The minimum atomic E-state index is -1.07. The van der Waals surface area contributed by atoms with Crippen molar-refractivity contribution in [3.05, 3.63) is 77.8 Å². The molecule has 2 aromatic heterocycles. The fourth-order valence-corrected chi connectivity index (χ4v) is 6.48. The number of anilines is 1. The first kappa shape index (κ1) is 30.1. The van der Waals surface area contributed by atoms with Crippen LogP contribution in [0.1, 0.15) is 85.7 Å². The highest BCUT2D eigenvalue weighted by Gasteiger charge is 2.45. The lowest BCUT2D eigenvalue weighted by Gasteiger charge is -2.40. The van der Waals surface area contributed by atoms with E-state index in [2.05, 4.69) is 25.6 Å². The molecule has 45 heavy (non-hydrogen) atoms. The standard InChI is InChI=1S/C35H37N5O5/c1-2-45-29-20-25(12-9-22(29)11-14-30(41)42)38-34(44)35(15-6-16-35)40-33(43)24-10-13-26-27(19-24)39-32(28-21-36-17-18-37-28)31(26)23-7-4-3-5-8-23/h9-14,17-21,23,39H,2-8,15-16H2,1H3,(H,38,44)(H,40,43)(H,41,42)/b14-11+. The number of carboxylic acids is 1. The van der Waals surface area contributed by atoms with Gasteiger partial charge in [0.15, 0.2) is 0 Å². The second kappa shape index (κ2) is 12.9. The molecule has 2 fully saturated rings. The van der Waals surface area contributed by atoms with Gasteiger partial charge in [0.1, 0.15) is 17.0 Å². The summed E-state index contributed by atoms with van der Waals surface area (Å²) < 4.78 is 5.68. The molecule has 0 saturated heterocycles. The summed E-state index contributed by atoms with van der Waals surface area (Å²) in [6.07, 6.45) is 15.3. The van der Waals surface area contributed by atoms with Crippen LogP contribution < -0.4 is 15.4 Å². The van der Waals surface area contributed by atoms with Crippen LogP contribution in [-0.2, 0) is 9.59 Å². The van der Waals surface area contributed by atoms with E-state index in [4.69, 9.17) is 9.84 Å². The highest BCUT2D eigenvalue weighted by Crippen LogP contribution is 2.42. The number of aliphatic carboxylic acids is 1. The van der Waals surface area contributed by atoms with Crippen LogP contribution in [0.2, 0.25) is 0 Å². The minimum absolute atomic E-state index is 0.302.